The summed E-state index contributed by atoms with van der Waals surface area (Å²) in [4.78, 5) is 9.66. The number of aromatic nitrogens is 2. The largest absolute Gasteiger partial charge is 0.478 e. The van der Waals surface area contributed by atoms with Gasteiger partial charge in [0.25, 0.3) is 0 Å². The van der Waals surface area contributed by atoms with Gasteiger partial charge in [0.05, 0.1) is 0 Å². The summed E-state index contributed by atoms with van der Waals surface area (Å²) in [6, 6.07) is 0. The van der Waals surface area contributed by atoms with Crippen LogP contribution in [0.4, 0.5) is 0 Å². The Hall–Kier alpha value is -0.740. The lowest BCUT2D eigenvalue weighted by Gasteiger charge is -1.95. The number of hydrogen-bond acceptors (Lipinski definition) is 2. The van der Waals surface area contributed by atoms with E-state index in [1.165, 1.54) is 10.9 Å². The Morgan fingerprint density at radius 1 is 1.75 bits per heavy atom. The average Bonchev–Trinajstić information content (AvgIpc) is 2.31. The van der Waals surface area contributed by atoms with Gasteiger partial charge in [0, 0.05) is 13.2 Å². The van der Waals surface area contributed by atoms with Crippen LogP contribution in [-0.2, 0) is 7.05 Å². The number of rotatable bonds is 2. The normalized spacial score (nSPS) is 10.7. The number of alkyl halides is 2. The lowest BCUT2D eigenvalue weighted by Crippen LogP contribution is -1.99. The molecule has 1 aromatic rings. The van der Waals surface area contributed by atoms with Crippen molar-refractivity contribution >= 4 is 29.2 Å². The molecule has 0 aromatic carbocycles. The minimum absolute atomic E-state index is 0.0347. The van der Waals surface area contributed by atoms with Crippen molar-refractivity contribution in [1.29, 1.82) is 0 Å². The molecule has 0 aliphatic rings. The highest BCUT2D eigenvalue weighted by molar-refractivity contribution is 6.44. The van der Waals surface area contributed by atoms with Crippen molar-refractivity contribution in [3.8, 4) is 0 Å². The molecular formula is C6H6Cl2N2O2. The monoisotopic (exact) mass is 208 g/mol. The summed E-state index contributed by atoms with van der Waals surface area (Å²) in [6.45, 7) is 0. The van der Waals surface area contributed by atoms with Crippen molar-refractivity contribution in [2.45, 2.75) is 4.84 Å². The van der Waals surface area contributed by atoms with Crippen LogP contribution in [0.1, 0.15) is 20.9 Å². The van der Waals surface area contributed by atoms with Gasteiger partial charge >= 0.3 is 5.97 Å². The average molecular weight is 209 g/mol. The lowest BCUT2D eigenvalue weighted by molar-refractivity contribution is 0.0696. The summed E-state index contributed by atoms with van der Waals surface area (Å²) in [6.07, 6.45) is 1.36. The van der Waals surface area contributed by atoms with Crippen molar-refractivity contribution < 1.29 is 9.90 Å². The summed E-state index contributed by atoms with van der Waals surface area (Å²) < 4.78 is 1.36. The van der Waals surface area contributed by atoms with Crippen molar-refractivity contribution in [3.63, 3.8) is 0 Å². The van der Waals surface area contributed by atoms with E-state index >= 15 is 0 Å². The van der Waals surface area contributed by atoms with Crippen LogP contribution in [0, 0.1) is 0 Å². The summed E-state index contributed by atoms with van der Waals surface area (Å²) in [5.41, 5.74) is 0.209. The van der Waals surface area contributed by atoms with Crippen LogP contribution in [0.15, 0.2) is 6.20 Å². The molecule has 1 rings (SSSR count). The number of carboxylic acids is 1. The Morgan fingerprint density at radius 3 is 2.67 bits per heavy atom. The minimum Gasteiger partial charge on any atom is -0.478 e. The van der Waals surface area contributed by atoms with Crippen LogP contribution in [0.5, 0.6) is 0 Å². The molecular weight excluding hydrogens is 203 g/mol. The number of halogens is 2. The lowest BCUT2D eigenvalue weighted by atomic mass is 10.3. The quantitative estimate of drug-likeness (QED) is 0.752. The fourth-order valence-electron chi connectivity index (χ4n) is 0.832. The molecule has 66 valence electrons. The molecule has 0 amide bonds. The Balaban J connectivity index is 3.17. The highest BCUT2D eigenvalue weighted by atomic mass is 35.5. The van der Waals surface area contributed by atoms with E-state index < -0.39 is 10.8 Å². The van der Waals surface area contributed by atoms with E-state index in [0.29, 0.717) is 0 Å². The molecule has 4 nitrogen and oxygen atoms in total. The van der Waals surface area contributed by atoms with Gasteiger partial charge in [-0.2, -0.15) is 5.10 Å². The second-order valence-electron chi connectivity index (χ2n) is 2.21. The predicted octanol–water partition coefficient (Wildman–Crippen LogP) is 1.59. The summed E-state index contributed by atoms with van der Waals surface area (Å²) in [5, 5.41) is 12.5. The molecule has 12 heavy (non-hydrogen) atoms. The van der Waals surface area contributed by atoms with Crippen LogP contribution in [-0.4, -0.2) is 20.9 Å². The Bertz CT molecular complexity index is 308. The van der Waals surface area contributed by atoms with E-state index in [1.807, 2.05) is 0 Å². The smallest absolute Gasteiger partial charge is 0.339 e. The van der Waals surface area contributed by atoms with Crippen molar-refractivity contribution in [3.05, 3.63) is 17.5 Å². The molecule has 0 saturated carbocycles. The van der Waals surface area contributed by atoms with Gasteiger partial charge in [0.15, 0.2) is 4.84 Å². The maximum Gasteiger partial charge on any atom is 0.339 e. The maximum atomic E-state index is 10.6. The molecule has 1 aromatic heterocycles. The van der Waals surface area contributed by atoms with Gasteiger partial charge in [-0.3, -0.25) is 4.68 Å². The molecule has 0 spiro atoms. The van der Waals surface area contributed by atoms with Gasteiger partial charge in [-0.1, -0.05) is 23.2 Å². The standard InChI is InChI=1S/C6H6Cl2N2O2/c1-10-2-3(6(11)12)4(9-10)5(7)8/h2,5H,1H3,(H,11,12). The third kappa shape index (κ3) is 1.70. The molecule has 0 fully saturated rings. The van der Waals surface area contributed by atoms with E-state index in [0.717, 1.165) is 0 Å². The van der Waals surface area contributed by atoms with E-state index in [1.54, 1.807) is 7.05 Å². The molecule has 0 radical (unpaired) electrons. The fourth-order valence-corrected chi connectivity index (χ4v) is 1.15. The zero-order chi connectivity index (χ0) is 9.30. The molecule has 0 aliphatic heterocycles. The molecule has 6 heteroatoms. The molecule has 0 atom stereocenters. The summed E-state index contributed by atoms with van der Waals surface area (Å²) >= 11 is 11.0. The minimum atomic E-state index is -1.08. The van der Waals surface area contributed by atoms with Crippen LogP contribution < -0.4 is 0 Å². The molecule has 0 saturated heterocycles. The maximum absolute atomic E-state index is 10.6. The second kappa shape index (κ2) is 3.33. The highest BCUT2D eigenvalue weighted by Crippen LogP contribution is 2.25. The Labute approximate surface area is 78.7 Å². The first-order valence-corrected chi connectivity index (χ1v) is 3.94. The van der Waals surface area contributed by atoms with Gasteiger partial charge < -0.3 is 5.11 Å². The van der Waals surface area contributed by atoms with Crippen LogP contribution >= 0.6 is 23.2 Å². The van der Waals surface area contributed by atoms with E-state index in [9.17, 15) is 4.79 Å². The van der Waals surface area contributed by atoms with Gasteiger partial charge in [0.1, 0.15) is 11.3 Å². The number of carboxylic acid groups (broad SMARTS) is 1. The van der Waals surface area contributed by atoms with E-state index in [4.69, 9.17) is 28.3 Å². The van der Waals surface area contributed by atoms with E-state index in [2.05, 4.69) is 5.10 Å². The van der Waals surface area contributed by atoms with Crippen LogP contribution in [0.3, 0.4) is 0 Å². The first kappa shape index (κ1) is 9.35. The topological polar surface area (TPSA) is 55.1 Å². The SMILES string of the molecule is Cn1cc(C(=O)O)c(C(Cl)Cl)n1. The van der Waals surface area contributed by atoms with Gasteiger partial charge in [0.2, 0.25) is 0 Å². The molecule has 0 unspecified atom stereocenters. The zero-order valence-electron chi connectivity index (χ0n) is 6.16. The van der Waals surface area contributed by atoms with Gasteiger partial charge in [-0.05, 0) is 0 Å². The zero-order valence-corrected chi connectivity index (χ0v) is 7.67. The van der Waals surface area contributed by atoms with Crippen molar-refractivity contribution in [1.82, 2.24) is 9.78 Å². The molecule has 1 N–H and O–H groups in total. The third-order valence-corrected chi connectivity index (χ3v) is 1.71. The molecule has 0 bridgehead atoms. The van der Waals surface area contributed by atoms with Crippen LogP contribution in [0.25, 0.3) is 0 Å². The Morgan fingerprint density at radius 2 is 2.33 bits per heavy atom. The Kier molecular flexibility index (Phi) is 2.59. The number of hydrogen-bond donors (Lipinski definition) is 1. The summed E-state index contributed by atoms with van der Waals surface area (Å²) in [5.74, 6) is -1.08. The molecule has 1 heterocycles. The summed E-state index contributed by atoms with van der Waals surface area (Å²) in [7, 11) is 1.60. The highest BCUT2D eigenvalue weighted by Gasteiger charge is 2.19. The number of carbonyl (C=O) groups is 1. The van der Waals surface area contributed by atoms with Gasteiger partial charge in [-0.25, -0.2) is 4.79 Å². The van der Waals surface area contributed by atoms with Crippen LogP contribution in [0.2, 0.25) is 0 Å². The number of aryl methyl sites for hydroxylation is 1. The second-order valence-corrected chi connectivity index (χ2v) is 3.30. The number of aromatic carboxylic acids is 1. The predicted molar refractivity (Wildman–Crippen MR) is 44.6 cm³/mol. The number of nitrogens with zero attached hydrogens (tertiary/aromatic N) is 2. The van der Waals surface area contributed by atoms with Crippen molar-refractivity contribution in [2.75, 3.05) is 0 Å². The van der Waals surface area contributed by atoms with Gasteiger partial charge in [-0.15, -0.1) is 0 Å². The fraction of sp³-hybridized carbons (Fsp3) is 0.333. The molecule has 0 aliphatic carbocycles. The first-order chi connectivity index (χ1) is 5.52. The third-order valence-electron chi connectivity index (χ3n) is 1.29. The van der Waals surface area contributed by atoms with Crippen molar-refractivity contribution in [2.24, 2.45) is 7.05 Å². The first-order valence-electron chi connectivity index (χ1n) is 3.07. The van der Waals surface area contributed by atoms with E-state index in [-0.39, 0.29) is 11.3 Å².